The summed E-state index contributed by atoms with van der Waals surface area (Å²) >= 11 is 1.44. The van der Waals surface area contributed by atoms with Gasteiger partial charge in [-0.3, -0.25) is 9.59 Å². The van der Waals surface area contributed by atoms with Gasteiger partial charge in [-0.15, -0.1) is 0 Å². The molecule has 0 spiro atoms. The molecule has 5 nitrogen and oxygen atoms in total. The summed E-state index contributed by atoms with van der Waals surface area (Å²) in [5, 5.41) is 2.81. The highest BCUT2D eigenvalue weighted by Gasteiger charge is 2.13. The minimum Gasteiger partial charge on any atom is -0.468 e. The van der Waals surface area contributed by atoms with Gasteiger partial charge in [-0.25, -0.2) is 0 Å². The van der Waals surface area contributed by atoms with Crippen molar-refractivity contribution in [3.05, 3.63) is 29.8 Å². The van der Waals surface area contributed by atoms with Gasteiger partial charge in [0.2, 0.25) is 5.91 Å². The number of hydrogen-bond donors (Lipinski definition) is 2. The highest BCUT2D eigenvalue weighted by molar-refractivity contribution is 7.99. The van der Waals surface area contributed by atoms with Crippen LogP contribution < -0.4 is 11.1 Å². The molecular formula is C14H20N2O3S. The fourth-order valence-corrected chi connectivity index (χ4v) is 2.30. The second-order valence-corrected chi connectivity index (χ2v) is 5.49. The van der Waals surface area contributed by atoms with E-state index in [-0.39, 0.29) is 5.91 Å². The number of anilines is 1. The monoisotopic (exact) mass is 296 g/mol. The van der Waals surface area contributed by atoms with Gasteiger partial charge in [0, 0.05) is 5.69 Å². The van der Waals surface area contributed by atoms with Crippen LogP contribution >= 0.6 is 11.8 Å². The summed E-state index contributed by atoms with van der Waals surface area (Å²) in [5.41, 5.74) is 7.53. The topological polar surface area (TPSA) is 81.4 Å². The molecule has 1 amide bonds. The number of thioether (sulfide) groups is 1. The summed E-state index contributed by atoms with van der Waals surface area (Å²) in [7, 11) is 1.31. The second kappa shape index (κ2) is 8.60. The van der Waals surface area contributed by atoms with E-state index in [0.717, 1.165) is 11.3 Å². The van der Waals surface area contributed by atoms with E-state index < -0.39 is 12.0 Å². The fraction of sp³-hybridized carbons (Fsp3) is 0.429. The number of amides is 1. The number of methoxy groups -OCH3 is 1. The lowest BCUT2D eigenvalue weighted by molar-refractivity contribution is -0.142. The van der Waals surface area contributed by atoms with Crippen molar-refractivity contribution >= 4 is 29.3 Å². The lowest BCUT2D eigenvalue weighted by Crippen LogP contribution is -2.32. The molecular weight excluding hydrogens is 276 g/mol. The zero-order valence-electron chi connectivity index (χ0n) is 11.7. The molecule has 1 atom stereocenters. The van der Waals surface area contributed by atoms with E-state index in [1.165, 1.54) is 18.9 Å². The third-order valence-electron chi connectivity index (χ3n) is 2.65. The van der Waals surface area contributed by atoms with E-state index in [1.807, 2.05) is 31.2 Å². The quantitative estimate of drug-likeness (QED) is 0.589. The van der Waals surface area contributed by atoms with Crippen LogP contribution in [0.25, 0.3) is 0 Å². The van der Waals surface area contributed by atoms with Crippen molar-refractivity contribution in [3.8, 4) is 0 Å². The van der Waals surface area contributed by atoms with Gasteiger partial charge < -0.3 is 15.8 Å². The Morgan fingerprint density at radius 2 is 2.00 bits per heavy atom. The molecule has 110 valence electrons. The van der Waals surface area contributed by atoms with Gasteiger partial charge in [-0.1, -0.05) is 17.7 Å². The summed E-state index contributed by atoms with van der Waals surface area (Å²) < 4.78 is 4.53. The van der Waals surface area contributed by atoms with Crippen molar-refractivity contribution < 1.29 is 14.3 Å². The van der Waals surface area contributed by atoms with Gasteiger partial charge in [0.15, 0.2) is 0 Å². The lowest BCUT2D eigenvalue weighted by atomic mass is 10.2. The van der Waals surface area contributed by atoms with Gasteiger partial charge in [0.05, 0.1) is 12.9 Å². The summed E-state index contributed by atoms with van der Waals surface area (Å²) in [4.78, 5) is 22.8. The molecule has 0 aromatic heterocycles. The molecule has 1 aromatic rings. The molecule has 1 rings (SSSR count). The number of nitrogens with two attached hydrogens (primary N) is 1. The van der Waals surface area contributed by atoms with Crippen LogP contribution in [0.4, 0.5) is 5.69 Å². The molecule has 0 radical (unpaired) electrons. The maximum Gasteiger partial charge on any atom is 0.322 e. The normalized spacial score (nSPS) is 11.8. The Morgan fingerprint density at radius 3 is 2.60 bits per heavy atom. The van der Waals surface area contributed by atoms with Crippen molar-refractivity contribution in [3.63, 3.8) is 0 Å². The molecule has 0 saturated heterocycles. The maximum atomic E-state index is 11.7. The summed E-state index contributed by atoms with van der Waals surface area (Å²) in [5.74, 6) is 0.486. The number of ether oxygens (including phenoxy) is 1. The minimum absolute atomic E-state index is 0.0644. The van der Waals surface area contributed by atoms with Crippen molar-refractivity contribution in [1.82, 2.24) is 0 Å². The van der Waals surface area contributed by atoms with Crippen LogP contribution in [0.5, 0.6) is 0 Å². The number of rotatable bonds is 7. The van der Waals surface area contributed by atoms with E-state index in [1.54, 1.807) is 0 Å². The molecule has 0 aliphatic rings. The third-order valence-corrected chi connectivity index (χ3v) is 3.64. The number of nitrogens with one attached hydrogen (secondary N) is 1. The van der Waals surface area contributed by atoms with Crippen LogP contribution in [0.15, 0.2) is 24.3 Å². The Bertz CT molecular complexity index is 448. The Kier molecular flexibility index (Phi) is 7.11. The molecule has 3 N–H and O–H groups in total. The Balaban J connectivity index is 2.20. The van der Waals surface area contributed by atoms with Gasteiger partial charge in [0.25, 0.3) is 0 Å². The molecule has 0 aliphatic heterocycles. The average molecular weight is 296 g/mol. The first-order chi connectivity index (χ1) is 9.52. The van der Waals surface area contributed by atoms with E-state index in [0.29, 0.717) is 17.9 Å². The first kappa shape index (κ1) is 16.5. The van der Waals surface area contributed by atoms with Crippen LogP contribution in [0.2, 0.25) is 0 Å². The molecule has 0 heterocycles. The Hall–Kier alpha value is -1.53. The van der Waals surface area contributed by atoms with Crippen molar-refractivity contribution in [2.75, 3.05) is 23.9 Å². The van der Waals surface area contributed by atoms with Crippen LogP contribution in [0.3, 0.4) is 0 Å². The number of esters is 1. The molecule has 1 unspecified atom stereocenters. The number of carbonyl (C=O) groups excluding carboxylic acids is 2. The summed E-state index contributed by atoms with van der Waals surface area (Å²) in [6, 6.07) is 7.00. The molecule has 20 heavy (non-hydrogen) atoms. The number of aryl methyl sites for hydroxylation is 1. The van der Waals surface area contributed by atoms with Crippen molar-refractivity contribution in [2.24, 2.45) is 5.73 Å². The third kappa shape index (κ3) is 6.08. The van der Waals surface area contributed by atoms with Gasteiger partial charge in [-0.2, -0.15) is 11.8 Å². The second-order valence-electron chi connectivity index (χ2n) is 4.39. The molecule has 0 aliphatic carbocycles. The smallest absolute Gasteiger partial charge is 0.322 e. The molecule has 0 saturated carbocycles. The van der Waals surface area contributed by atoms with Crippen molar-refractivity contribution in [2.45, 2.75) is 19.4 Å². The highest BCUT2D eigenvalue weighted by atomic mass is 32.2. The predicted octanol–water partition coefficient (Wildman–Crippen LogP) is 1.56. The first-order valence-electron chi connectivity index (χ1n) is 6.30. The predicted molar refractivity (Wildman–Crippen MR) is 81.7 cm³/mol. The summed E-state index contributed by atoms with van der Waals surface area (Å²) in [6.07, 6.45) is 0.495. The van der Waals surface area contributed by atoms with Gasteiger partial charge in [0.1, 0.15) is 6.04 Å². The molecule has 0 bridgehead atoms. The summed E-state index contributed by atoms with van der Waals surface area (Å²) in [6.45, 7) is 1.99. The van der Waals surface area contributed by atoms with Crippen molar-refractivity contribution in [1.29, 1.82) is 0 Å². The Labute approximate surface area is 123 Å². The standard InChI is InChI=1S/C14H20N2O3S/c1-10-3-5-11(6-4-10)16-13(17)9-20-8-7-12(15)14(18)19-2/h3-6,12H,7-9,15H2,1-2H3,(H,16,17). The number of benzene rings is 1. The lowest BCUT2D eigenvalue weighted by Gasteiger charge is -2.09. The average Bonchev–Trinajstić information content (AvgIpc) is 2.45. The zero-order chi connectivity index (χ0) is 15.0. The van der Waals surface area contributed by atoms with Crippen LogP contribution in [-0.4, -0.2) is 36.5 Å². The first-order valence-corrected chi connectivity index (χ1v) is 7.46. The fourth-order valence-electron chi connectivity index (χ4n) is 1.48. The van der Waals surface area contributed by atoms with Crippen LogP contribution in [0.1, 0.15) is 12.0 Å². The maximum absolute atomic E-state index is 11.7. The van der Waals surface area contributed by atoms with E-state index >= 15 is 0 Å². The molecule has 6 heteroatoms. The number of carbonyl (C=O) groups is 2. The van der Waals surface area contributed by atoms with E-state index in [2.05, 4.69) is 10.1 Å². The minimum atomic E-state index is -0.618. The number of hydrogen-bond acceptors (Lipinski definition) is 5. The Morgan fingerprint density at radius 1 is 1.35 bits per heavy atom. The van der Waals surface area contributed by atoms with Gasteiger partial charge in [-0.05, 0) is 31.2 Å². The largest absolute Gasteiger partial charge is 0.468 e. The van der Waals surface area contributed by atoms with Crippen LogP contribution in [-0.2, 0) is 14.3 Å². The highest BCUT2D eigenvalue weighted by Crippen LogP contribution is 2.10. The molecule has 0 fully saturated rings. The zero-order valence-corrected chi connectivity index (χ0v) is 12.5. The molecule has 1 aromatic carbocycles. The van der Waals surface area contributed by atoms with Crippen LogP contribution in [0, 0.1) is 6.92 Å². The van der Waals surface area contributed by atoms with E-state index in [9.17, 15) is 9.59 Å². The van der Waals surface area contributed by atoms with Gasteiger partial charge >= 0.3 is 5.97 Å². The van der Waals surface area contributed by atoms with E-state index in [4.69, 9.17) is 5.73 Å². The SMILES string of the molecule is COC(=O)C(N)CCSCC(=O)Nc1ccc(C)cc1.